The molecule has 29 heavy (non-hydrogen) atoms. The number of ether oxygens (including phenoxy) is 2. The number of aromatic nitrogens is 1. The Balaban J connectivity index is 1.55. The van der Waals surface area contributed by atoms with Crippen LogP contribution in [0.15, 0.2) is 42.5 Å². The number of hydrogen-bond donors (Lipinski definition) is 3. The first-order valence-corrected chi connectivity index (χ1v) is 9.57. The number of anilines is 1. The maximum Gasteiger partial charge on any atom is 0.356 e. The Bertz CT molecular complexity index is 1070. The van der Waals surface area contributed by atoms with Gasteiger partial charge in [-0.15, -0.1) is 0 Å². The zero-order chi connectivity index (χ0) is 20.4. The van der Waals surface area contributed by atoms with E-state index in [9.17, 15) is 9.59 Å². The van der Waals surface area contributed by atoms with Crippen LogP contribution in [0.1, 0.15) is 21.6 Å². The maximum absolute atomic E-state index is 12.8. The molecule has 3 N–H and O–H groups in total. The summed E-state index contributed by atoms with van der Waals surface area (Å²) < 4.78 is 10.1. The number of esters is 1. The number of quaternary nitrogens is 1. The predicted octanol–water partition coefficient (Wildman–Crippen LogP) is 1.54. The summed E-state index contributed by atoms with van der Waals surface area (Å²) in [6.07, 6.45) is 0.957. The molecule has 0 bridgehead atoms. The van der Waals surface area contributed by atoms with Crippen molar-refractivity contribution in [1.82, 2.24) is 4.98 Å². The van der Waals surface area contributed by atoms with Gasteiger partial charge in [0.15, 0.2) is 6.54 Å². The molecule has 150 valence electrons. The van der Waals surface area contributed by atoms with Crippen molar-refractivity contribution < 1.29 is 24.0 Å². The van der Waals surface area contributed by atoms with Crippen molar-refractivity contribution in [2.24, 2.45) is 0 Å². The van der Waals surface area contributed by atoms with Crippen molar-refractivity contribution in [1.29, 1.82) is 0 Å². The molecular formula is C22H24N3O4+. The topological polar surface area (TPSA) is 84.9 Å². The highest BCUT2D eigenvalue weighted by molar-refractivity contribution is 6.11. The predicted molar refractivity (Wildman–Crippen MR) is 109 cm³/mol. The first kappa shape index (κ1) is 19.0. The number of carbonyl (C=O) groups is 2. The highest BCUT2D eigenvalue weighted by Gasteiger charge is 2.24. The largest absolute Gasteiger partial charge is 0.497 e. The van der Waals surface area contributed by atoms with Gasteiger partial charge in [0.05, 0.1) is 32.0 Å². The van der Waals surface area contributed by atoms with Crippen LogP contribution >= 0.6 is 0 Å². The number of amides is 1. The number of carbonyl (C=O) groups excluding carboxylic acids is 2. The van der Waals surface area contributed by atoms with Gasteiger partial charge in [-0.2, -0.15) is 0 Å². The minimum Gasteiger partial charge on any atom is -0.497 e. The Hall–Kier alpha value is -3.32. The molecule has 1 amide bonds. The molecular weight excluding hydrogens is 370 g/mol. The minimum atomic E-state index is -0.533. The van der Waals surface area contributed by atoms with Gasteiger partial charge in [-0.05, 0) is 17.7 Å². The van der Waals surface area contributed by atoms with Crippen molar-refractivity contribution >= 4 is 28.5 Å². The second-order valence-electron chi connectivity index (χ2n) is 7.20. The van der Waals surface area contributed by atoms with E-state index < -0.39 is 5.97 Å². The van der Waals surface area contributed by atoms with Gasteiger partial charge in [0.25, 0.3) is 5.91 Å². The van der Waals surface area contributed by atoms with Crippen molar-refractivity contribution in [2.75, 3.05) is 32.6 Å². The fourth-order valence-corrected chi connectivity index (χ4v) is 3.89. The molecule has 0 fully saturated rings. The van der Waals surface area contributed by atoms with Crippen molar-refractivity contribution in [3.05, 3.63) is 59.3 Å². The van der Waals surface area contributed by atoms with Gasteiger partial charge < -0.3 is 24.7 Å². The van der Waals surface area contributed by atoms with Crippen molar-refractivity contribution in [3.8, 4) is 5.75 Å². The molecule has 1 atom stereocenters. The summed E-state index contributed by atoms with van der Waals surface area (Å²) in [5.41, 5.74) is 4.00. The first-order valence-electron chi connectivity index (χ1n) is 9.57. The van der Waals surface area contributed by atoms with Crippen LogP contribution in [-0.2, 0) is 22.5 Å². The van der Waals surface area contributed by atoms with Crippen molar-refractivity contribution in [3.63, 3.8) is 0 Å². The van der Waals surface area contributed by atoms with Crippen LogP contribution in [0.4, 0.5) is 5.69 Å². The Morgan fingerprint density at radius 2 is 1.93 bits per heavy atom. The van der Waals surface area contributed by atoms with E-state index in [1.54, 1.807) is 19.2 Å². The molecule has 1 aliphatic rings. The number of benzene rings is 2. The number of rotatable bonds is 5. The lowest BCUT2D eigenvalue weighted by molar-refractivity contribution is -0.907. The van der Waals surface area contributed by atoms with E-state index in [-0.39, 0.29) is 11.6 Å². The van der Waals surface area contributed by atoms with E-state index >= 15 is 0 Å². The molecule has 1 unspecified atom stereocenters. The minimum absolute atomic E-state index is 0.138. The summed E-state index contributed by atoms with van der Waals surface area (Å²) in [6, 6.07) is 13.7. The number of H-pyrrole nitrogens is 1. The zero-order valence-corrected chi connectivity index (χ0v) is 16.5. The van der Waals surface area contributed by atoms with E-state index in [0.29, 0.717) is 23.5 Å². The summed E-state index contributed by atoms with van der Waals surface area (Å²) in [6.45, 7) is 2.05. The average Bonchev–Trinajstić information content (AvgIpc) is 3.10. The van der Waals surface area contributed by atoms with Gasteiger partial charge in [-0.1, -0.05) is 24.3 Å². The molecule has 2 aromatic carbocycles. The smallest absolute Gasteiger partial charge is 0.356 e. The lowest BCUT2D eigenvalue weighted by atomic mass is 10.00. The highest BCUT2D eigenvalue weighted by atomic mass is 16.5. The number of aromatic amines is 1. The van der Waals surface area contributed by atoms with Gasteiger partial charge in [0.1, 0.15) is 18.0 Å². The second kappa shape index (κ2) is 7.97. The molecule has 0 saturated heterocycles. The van der Waals surface area contributed by atoms with Gasteiger partial charge >= 0.3 is 5.97 Å². The van der Waals surface area contributed by atoms with Crippen LogP contribution in [0.3, 0.4) is 0 Å². The van der Waals surface area contributed by atoms with Crippen LogP contribution in [0.5, 0.6) is 5.75 Å². The van der Waals surface area contributed by atoms with Crippen LogP contribution in [0.2, 0.25) is 0 Å². The van der Waals surface area contributed by atoms with E-state index in [0.717, 1.165) is 24.9 Å². The fraction of sp³-hybridized carbons (Fsp3) is 0.273. The molecule has 0 spiro atoms. The molecule has 1 aromatic heterocycles. The zero-order valence-electron chi connectivity index (χ0n) is 16.5. The summed E-state index contributed by atoms with van der Waals surface area (Å²) >= 11 is 0. The first-order chi connectivity index (χ1) is 14.1. The molecule has 7 nitrogen and oxygen atoms in total. The lowest BCUT2D eigenvalue weighted by Gasteiger charge is -2.25. The van der Waals surface area contributed by atoms with Crippen molar-refractivity contribution in [2.45, 2.75) is 13.0 Å². The Kier molecular flexibility index (Phi) is 5.22. The van der Waals surface area contributed by atoms with E-state index in [1.807, 2.05) is 12.1 Å². The average molecular weight is 394 g/mol. The SMILES string of the molecule is COC(=O)c1[nH]c2cc(OC)ccc2c1NC(=O)C[NH+]1CCc2ccccc2C1. The van der Waals surface area contributed by atoms with Crippen LogP contribution in [0, 0.1) is 0 Å². The standard InChI is InChI=1S/C22H23N3O4/c1-28-16-7-8-17-18(11-16)23-21(22(27)29-2)20(17)24-19(26)13-25-10-9-14-5-3-4-6-15(14)12-25/h3-8,11,23H,9-10,12-13H2,1-2H3,(H,24,26)/p+1. The molecule has 4 rings (SSSR count). The summed E-state index contributed by atoms with van der Waals surface area (Å²) in [5, 5.41) is 3.66. The van der Waals surface area contributed by atoms with Gasteiger partial charge in [-0.3, -0.25) is 4.79 Å². The quantitative estimate of drug-likeness (QED) is 0.573. The van der Waals surface area contributed by atoms with Gasteiger partial charge in [-0.25, -0.2) is 4.79 Å². The third kappa shape index (κ3) is 3.82. The van der Waals surface area contributed by atoms with Crippen LogP contribution in [0.25, 0.3) is 10.9 Å². The van der Waals surface area contributed by atoms with Gasteiger partial charge in [0, 0.05) is 23.4 Å². The molecule has 1 aliphatic heterocycles. The highest BCUT2D eigenvalue weighted by Crippen LogP contribution is 2.31. The summed E-state index contributed by atoms with van der Waals surface area (Å²) in [7, 11) is 2.89. The third-order valence-corrected chi connectivity index (χ3v) is 5.38. The lowest BCUT2D eigenvalue weighted by Crippen LogP contribution is -3.12. The summed E-state index contributed by atoms with van der Waals surface area (Å²) in [4.78, 5) is 29.3. The monoisotopic (exact) mass is 394 g/mol. The van der Waals surface area contributed by atoms with Crippen LogP contribution < -0.4 is 15.0 Å². The number of hydrogen-bond acceptors (Lipinski definition) is 4. The molecule has 0 aliphatic carbocycles. The molecule has 0 radical (unpaired) electrons. The van der Waals surface area contributed by atoms with E-state index in [2.05, 4.69) is 28.5 Å². The normalized spacial score (nSPS) is 15.6. The number of fused-ring (bicyclic) bond motifs is 2. The summed E-state index contributed by atoms with van der Waals surface area (Å²) in [5.74, 6) is -0.0135. The Morgan fingerprint density at radius 3 is 2.69 bits per heavy atom. The van der Waals surface area contributed by atoms with E-state index in [1.165, 1.54) is 23.1 Å². The fourth-order valence-electron chi connectivity index (χ4n) is 3.89. The molecule has 7 heteroatoms. The van der Waals surface area contributed by atoms with Crippen LogP contribution in [-0.4, -0.2) is 44.2 Å². The van der Waals surface area contributed by atoms with Gasteiger partial charge in [0.2, 0.25) is 0 Å². The third-order valence-electron chi connectivity index (χ3n) is 5.38. The molecule has 3 aromatic rings. The maximum atomic E-state index is 12.8. The molecule has 2 heterocycles. The number of methoxy groups -OCH3 is 2. The van der Waals surface area contributed by atoms with E-state index in [4.69, 9.17) is 9.47 Å². The molecule has 0 saturated carbocycles. The number of nitrogens with one attached hydrogen (secondary N) is 3. The Labute approximate surface area is 168 Å². The Morgan fingerprint density at radius 1 is 1.14 bits per heavy atom. The second-order valence-corrected chi connectivity index (χ2v) is 7.20.